The van der Waals surface area contributed by atoms with E-state index in [4.69, 9.17) is 10.2 Å². The number of imidazole rings is 1. The van der Waals surface area contributed by atoms with Gasteiger partial charge in [-0.25, -0.2) is 10.5 Å². The van der Waals surface area contributed by atoms with E-state index in [1.54, 1.807) is 5.48 Å². The minimum atomic E-state index is -0.434. The molecule has 5 rings (SSSR count). The lowest BCUT2D eigenvalue weighted by molar-refractivity contribution is -0.133. The van der Waals surface area contributed by atoms with Gasteiger partial charge in [0.15, 0.2) is 0 Å². The van der Waals surface area contributed by atoms with Gasteiger partial charge < -0.3 is 9.88 Å². The number of amides is 2. The van der Waals surface area contributed by atoms with Crippen molar-refractivity contribution in [3.8, 4) is 0 Å². The van der Waals surface area contributed by atoms with Gasteiger partial charge in [-0.3, -0.25) is 14.8 Å². The third-order valence-corrected chi connectivity index (χ3v) is 7.03. The number of carbonyl (C=O) groups excluding carboxylic acids is 2. The van der Waals surface area contributed by atoms with Crippen LogP contribution in [0.25, 0.3) is 11.0 Å². The summed E-state index contributed by atoms with van der Waals surface area (Å²) in [5, 5.41) is 11.9. The predicted molar refractivity (Wildman–Crippen MR) is 120 cm³/mol. The van der Waals surface area contributed by atoms with Crippen LogP contribution in [-0.4, -0.2) is 32.6 Å². The maximum absolute atomic E-state index is 12.7. The first-order valence-corrected chi connectivity index (χ1v) is 11.3. The second kappa shape index (κ2) is 8.06. The highest BCUT2D eigenvalue weighted by Gasteiger charge is 2.43. The molecule has 2 fully saturated rings. The molecule has 0 spiro atoms. The van der Waals surface area contributed by atoms with Crippen molar-refractivity contribution in [1.82, 2.24) is 20.3 Å². The molecule has 1 aromatic heterocycles. The molecule has 2 aromatic carbocycles. The number of nitrogens with zero attached hydrogens (tertiary/aromatic N) is 2. The van der Waals surface area contributed by atoms with Gasteiger partial charge in [0.1, 0.15) is 5.82 Å². The first-order chi connectivity index (χ1) is 15.5. The Morgan fingerprint density at radius 3 is 2.59 bits per heavy atom. The largest absolute Gasteiger partial charge is 0.349 e. The molecule has 3 aromatic rings. The Balaban J connectivity index is 1.33. The molecule has 1 heterocycles. The van der Waals surface area contributed by atoms with Crippen LogP contribution < -0.4 is 10.8 Å². The number of fused-ring (bicyclic) bond motifs is 1. The lowest BCUT2D eigenvalue weighted by Crippen LogP contribution is -2.43. The minimum absolute atomic E-state index is 0.150. The number of nitrogens with one attached hydrogen (secondary N) is 2. The van der Waals surface area contributed by atoms with Crippen LogP contribution in [0.4, 0.5) is 0 Å². The Labute approximate surface area is 186 Å². The molecule has 0 aliphatic heterocycles. The standard InChI is InChI=1S/C25H28N4O3/c1-25(13-14-25)24-27-20-6-2-3-8-21(20)29(24)15-16-9-11-17(12-10-16)22(30)26-19-7-4-5-18(19)23(31)28-32/h2-3,6,8-12,18-19,32H,4-5,7,13-15H2,1H3,(H,26,30)(H,28,31)/t18-,19+/m0/s1. The average molecular weight is 433 g/mol. The maximum atomic E-state index is 12.7. The Morgan fingerprint density at radius 1 is 1.12 bits per heavy atom. The molecule has 2 amide bonds. The van der Waals surface area contributed by atoms with Gasteiger partial charge in [-0.2, -0.15) is 0 Å². The zero-order valence-electron chi connectivity index (χ0n) is 18.2. The van der Waals surface area contributed by atoms with E-state index in [-0.39, 0.29) is 23.3 Å². The number of hydrogen-bond acceptors (Lipinski definition) is 4. The molecule has 0 saturated heterocycles. The van der Waals surface area contributed by atoms with E-state index in [2.05, 4.69) is 28.9 Å². The number of para-hydroxylation sites is 2. The monoisotopic (exact) mass is 432 g/mol. The summed E-state index contributed by atoms with van der Waals surface area (Å²) >= 11 is 0. The molecule has 3 N–H and O–H groups in total. The van der Waals surface area contributed by atoms with Crippen LogP contribution in [0.2, 0.25) is 0 Å². The van der Waals surface area contributed by atoms with E-state index >= 15 is 0 Å². The van der Waals surface area contributed by atoms with Crippen LogP contribution >= 0.6 is 0 Å². The van der Waals surface area contributed by atoms with Crippen molar-refractivity contribution in [1.29, 1.82) is 0 Å². The van der Waals surface area contributed by atoms with Crippen LogP contribution in [0.15, 0.2) is 48.5 Å². The van der Waals surface area contributed by atoms with Crippen LogP contribution in [0.3, 0.4) is 0 Å². The molecule has 0 bridgehead atoms. The highest BCUT2D eigenvalue weighted by Crippen LogP contribution is 2.47. The number of benzene rings is 2. The van der Waals surface area contributed by atoms with Gasteiger partial charge >= 0.3 is 0 Å². The van der Waals surface area contributed by atoms with Gasteiger partial charge in [0.2, 0.25) is 5.91 Å². The maximum Gasteiger partial charge on any atom is 0.251 e. The third-order valence-electron chi connectivity index (χ3n) is 7.03. The topological polar surface area (TPSA) is 96.2 Å². The summed E-state index contributed by atoms with van der Waals surface area (Å²) in [5.41, 5.74) is 5.68. The number of hydrogen-bond donors (Lipinski definition) is 3. The second-order valence-corrected chi connectivity index (χ2v) is 9.36. The Hall–Kier alpha value is -3.19. The zero-order valence-corrected chi connectivity index (χ0v) is 18.2. The highest BCUT2D eigenvalue weighted by atomic mass is 16.5. The van der Waals surface area contributed by atoms with Gasteiger partial charge in [-0.1, -0.05) is 37.6 Å². The van der Waals surface area contributed by atoms with E-state index < -0.39 is 5.91 Å². The van der Waals surface area contributed by atoms with Crippen LogP contribution in [0.1, 0.15) is 60.8 Å². The third kappa shape index (κ3) is 3.77. The molecular weight excluding hydrogens is 404 g/mol. The van der Waals surface area contributed by atoms with Crippen LogP contribution in [0.5, 0.6) is 0 Å². The number of hydroxylamine groups is 1. The van der Waals surface area contributed by atoms with E-state index in [0.29, 0.717) is 18.5 Å². The zero-order chi connectivity index (χ0) is 22.3. The summed E-state index contributed by atoms with van der Waals surface area (Å²) in [7, 11) is 0. The first kappa shape index (κ1) is 20.7. The number of aromatic nitrogens is 2. The van der Waals surface area contributed by atoms with Crippen molar-refractivity contribution in [2.45, 2.75) is 57.0 Å². The lowest BCUT2D eigenvalue weighted by Gasteiger charge is -2.19. The summed E-state index contributed by atoms with van der Waals surface area (Å²) in [4.78, 5) is 29.5. The number of carbonyl (C=O) groups is 2. The Kier molecular flexibility index (Phi) is 5.21. The summed E-state index contributed by atoms with van der Waals surface area (Å²) in [6.45, 7) is 2.97. The summed E-state index contributed by atoms with van der Waals surface area (Å²) < 4.78 is 2.30. The molecule has 0 radical (unpaired) electrons. The predicted octanol–water partition coefficient (Wildman–Crippen LogP) is 3.54. The fraction of sp³-hybridized carbons (Fsp3) is 0.400. The average Bonchev–Trinajstić information content (AvgIpc) is 3.22. The summed E-state index contributed by atoms with van der Waals surface area (Å²) in [6.07, 6.45) is 4.56. The van der Waals surface area contributed by atoms with E-state index in [1.165, 1.54) is 0 Å². The van der Waals surface area contributed by atoms with Gasteiger partial charge in [-0.15, -0.1) is 0 Å². The quantitative estimate of drug-likeness (QED) is 0.410. The molecule has 32 heavy (non-hydrogen) atoms. The van der Waals surface area contributed by atoms with Crippen LogP contribution in [-0.2, 0) is 16.8 Å². The second-order valence-electron chi connectivity index (χ2n) is 9.36. The SMILES string of the molecule is CC1(c2nc3ccccc3n2Cc2ccc(C(=O)N[C@@H]3CCC[C@@H]3C(=O)NO)cc2)CC1. The molecule has 2 atom stereocenters. The van der Waals surface area contributed by atoms with Crippen LogP contribution in [0, 0.1) is 5.92 Å². The van der Waals surface area contributed by atoms with Crippen molar-refractivity contribution in [2.75, 3.05) is 0 Å². The van der Waals surface area contributed by atoms with Crippen molar-refractivity contribution in [3.05, 3.63) is 65.5 Å². The molecular formula is C25H28N4O3. The molecule has 0 unspecified atom stereocenters. The Bertz CT molecular complexity index is 1160. The van der Waals surface area contributed by atoms with Gasteiger partial charge in [0.05, 0.1) is 17.0 Å². The molecule has 2 saturated carbocycles. The minimum Gasteiger partial charge on any atom is -0.349 e. The van der Waals surface area contributed by atoms with Crippen molar-refractivity contribution in [3.63, 3.8) is 0 Å². The van der Waals surface area contributed by atoms with Crippen molar-refractivity contribution < 1.29 is 14.8 Å². The van der Waals surface area contributed by atoms with Gasteiger partial charge in [0, 0.05) is 23.6 Å². The van der Waals surface area contributed by atoms with E-state index in [9.17, 15) is 9.59 Å². The van der Waals surface area contributed by atoms with Gasteiger partial charge in [-0.05, 0) is 55.5 Å². The summed E-state index contributed by atoms with van der Waals surface area (Å²) in [6, 6.07) is 15.6. The molecule has 166 valence electrons. The Morgan fingerprint density at radius 2 is 1.88 bits per heavy atom. The molecule has 2 aliphatic rings. The smallest absolute Gasteiger partial charge is 0.251 e. The fourth-order valence-electron chi connectivity index (χ4n) is 4.83. The summed E-state index contributed by atoms with van der Waals surface area (Å²) in [5.74, 6) is 0.115. The molecule has 7 heteroatoms. The fourth-order valence-corrected chi connectivity index (χ4v) is 4.83. The first-order valence-electron chi connectivity index (χ1n) is 11.3. The van der Waals surface area contributed by atoms with Gasteiger partial charge in [0.25, 0.3) is 5.91 Å². The normalized spacial score (nSPS) is 21.4. The van der Waals surface area contributed by atoms with E-state index in [0.717, 1.165) is 48.1 Å². The van der Waals surface area contributed by atoms with E-state index in [1.807, 2.05) is 36.4 Å². The molecule has 2 aliphatic carbocycles. The lowest BCUT2D eigenvalue weighted by atomic mass is 10.0. The molecule has 7 nitrogen and oxygen atoms in total. The van der Waals surface area contributed by atoms with Crippen molar-refractivity contribution >= 4 is 22.8 Å². The highest BCUT2D eigenvalue weighted by molar-refractivity contribution is 5.95. The number of rotatable bonds is 6. The van der Waals surface area contributed by atoms with Crippen molar-refractivity contribution in [2.24, 2.45) is 5.92 Å².